The number of hydrogen-bond donors (Lipinski definition) is 1. The van der Waals surface area contributed by atoms with Gasteiger partial charge < -0.3 is 4.98 Å². The van der Waals surface area contributed by atoms with Crippen LogP contribution < -0.4 is 0 Å². The average Bonchev–Trinajstić information content (AvgIpc) is 2.49. The van der Waals surface area contributed by atoms with Gasteiger partial charge in [0.1, 0.15) is 0 Å². The number of allylic oxidation sites excluding steroid dienone is 1. The number of rotatable bonds is 2. The quantitative estimate of drug-likeness (QED) is 0.790. The lowest BCUT2D eigenvalue weighted by Crippen LogP contribution is -1.77. The van der Waals surface area contributed by atoms with E-state index in [-0.39, 0.29) is 0 Å². The first-order valence-corrected chi connectivity index (χ1v) is 5.87. The van der Waals surface area contributed by atoms with Crippen LogP contribution >= 0.6 is 31.9 Å². The Hall–Kier alpha value is -0.540. The van der Waals surface area contributed by atoms with Gasteiger partial charge in [-0.25, -0.2) is 0 Å². The minimum atomic E-state index is 0.892. The molecule has 1 nitrogen and oxygen atoms in total. The topological polar surface area (TPSA) is 15.8 Å². The Bertz CT molecular complexity index is 485. The predicted molar refractivity (Wildman–Crippen MR) is 67.6 cm³/mol. The van der Waals surface area contributed by atoms with Crippen molar-refractivity contribution >= 4 is 42.8 Å². The van der Waals surface area contributed by atoms with Crippen molar-refractivity contribution in [3.63, 3.8) is 0 Å². The molecule has 1 heterocycles. The van der Waals surface area contributed by atoms with E-state index in [0.717, 1.165) is 20.9 Å². The minimum Gasteiger partial charge on any atom is -0.360 e. The average molecular weight is 315 g/mol. The first-order valence-electron chi connectivity index (χ1n) is 4.28. The molecule has 0 aliphatic heterocycles. The van der Waals surface area contributed by atoms with Gasteiger partial charge in [-0.2, -0.15) is 0 Å². The molecule has 0 radical (unpaired) electrons. The van der Waals surface area contributed by atoms with Crippen LogP contribution in [0.2, 0.25) is 0 Å². The van der Waals surface area contributed by atoms with Crippen molar-refractivity contribution in [1.82, 2.24) is 4.98 Å². The largest absolute Gasteiger partial charge is 0.360 e. The van der Waals surface area contributed by atoms with Crippen molar-refractivity contribution in [2.24, 2.45) is 0 Å². The summed E-state index contributed by atoms with van der Waals surface area (Å²) in [4.78, 5) is 3.25. The third-order valence-electron chi connectivity index (χ3n) is 2.16. The zero-order chi connectivity index (χ0) is 10.1. The maximum absolute atomic E-state index is 3.75. The van der Waals surface area contributed by atoms with Gasteiger partial charge in [0.2, 0.25) is 0 Å². The molecule has 2 rings (SSSR count). The monoisotopic (exact) mass is 313 g/mol. The Morgan fingerprint density at radius 1 is 1.36 bits per heavy atom. The van der Waals surface area contributed by atoms with E-state index >= 15 is 0 Å². The molecule has 0 fully saturated rings. The normalized spacial score (nSPS) is 10.7. The zero-order valence-corrected chi connectivity index (χ0v) is 10.7. The number of aromatic amines is 1. The van der Waals surface area contributed by atoms with Gasteiger partial charge in [-0.15, -0.1) is 6.58 Å². The standard InChI is InChI=1S/C11H9Br2N/c1-2-3-7-6-14-11-9(7)4-8(12)5-10(11)13/h2,4-6,14H,1,3H2. The molecule has 14 heavy (non-hydrogen) atoms. The SMILES string of the molecule is C=CCc1c[nH]c2c(Br)cc(Br)cc12. The Kier molecular flexibility index (Phi) is 2.79. The molecule has 0 aliphatic carbocycles. The van der Waals surface area contributed by atoms with Crippen molar-refractivity contribution in [3.8, 4) is 0 Å². The molecule has 0 aliphatic rings. The molecular formula is C11H9Br2N. The van der Waals surface area contributed by atoms with Crippen LogP contribution in [0, 0.1) is 0 Å². The molecule has 0 bridgehead atoms. The highest BCUT2D eigenvalue weighted by atomic mass is 79.9. The van der Waals surface area contributed by atoms with Gasteiger partial charge in [0.15, 0.2) is 0 Å². The van der Waals surface area contributed by atoms with E-state index in [1.54, 1.807) is 0 Å². The number of aromatic nitrogens is 1. The first-order chi connectivity index (χ1) is 6.72. The van der Waals surface area contributed by atoms with E-state index in [9.17, 15) is 0 Å². The Morgan fingerprint density at radius 2 is 2.14 bits per heavy atom. The highest BCUT2D eigenvalue weighted by Crippen LogP contribution is 2.30. The smallest absolute Gasteiger partial charge is 0.0602 e. The summed E-state index contributed by atoms with van der Waals surface area (Å²) in [7, 11) is 0. The third kappa shape index (κ3) is 1.66. The fraction of sp³-hybridized carbons (Fsp3) is 0.0909. The Balaban J connectivity index is 2.71. The van der Waals surface area contributed by atoms with Gasteiger partial charge in [0.25, 0.3) is 0 Å². The van der Waals surface area contributed by atoms with Gasteiger partial charge in [-0.3, -0.25) is 0 Å². The van der Waals surface area contributed by atoms with Crippen LogP contribution in [0.5, 0.6) is 0 Å². The van der Waals surface area contributed by atoms with E-state index in [1.165, 1.54) is 10.9 Å². The minimum absolute atomic E-state index is 0.892. The Morgan fingerprint density at radius 3 is 2.86 bits per heavy atom. The van der Waals surface area contributed by atoms with E-state index < -0.39 is 0 Å². The van der Waals surface area contributed by atoms with Crippen molar-refractivity contribution in [2.75, 3.05) is 0 Å². The summed E-state index contributed by atoms with van der Waals surface area (Å²) in [5.74, 6) is 0. The van der Waals surface area contributed by atoms with Gasteiger partial charge in [-0.05, 0) is 40.0 Å². The van der Waals surface area contributed by atoms with Crippen molar-refractivity contribution in [2.45, 2.75) is 6.42 Å². The maximum Gasteiger partial charge on any atom is 0.0602 e. The first kappa shape index (κ1) is 9.99. The van der Waals surface area contributed by atoms with E-state index in [2.05, 4.69) is 49.5 Å². The summed E-state index contributed by atoms with van der Waals surface area (Å²) in [6.07, 6.45) is 4.84. The zero-order valence-electron chi connectivity index (χ0n) is 7.48. The van der Waals surface area contributed by atoms with Crippen molar-refractivity contribution in [1.29, 1.82) is 0 Å². The number of fused-ring (bicyclic) bond motifs is 1. The molecule has 0 spiro atoms. The number of H-pyrrole nitrogens is 1. The summed E-state index contributed by atoms with van der Waals surface area (Å²) in [5.41, 5.74) is 2.42. The summed E-state index contributed by atoms with van der Waals surface area (Å²) in [6, 6.07) is 4.16. The highest BCUT2D eigenvalue weighted by molar-refractivity contribution is 9.11. The van der Waals surface area contributed by atoms with Crippen LogP contribution in [-0.4, -0.2) is 4.98 Å². The fourth-order valence-electron chi connectivity index (χ4n) is 1.53. The molecular weight excluding hydrogens is 306 g/mol. The second-order valence-corrected chi connectivity index (χ2v) is 4.89. The fourth-order valence-corrected chi connectivity index (χ4v) is 2.87. The molecule has 0 atom stereocenters. The van der Waals surface area contributed by atoms with E-state index in [4.69, 9.17) is 0 Å². The second-order valence-electron chi connectivity index (χ2n) is 3.12. The molecule has 0 unspecified atom stereocenters. The van der Waals surface area contributed by atoms with Crippen LogP contribution in [0.4, 0.5) is 0 Å². The molecule has 72 valence electrons. The Labute approximate surface area is 99.5 Å². The summed E-state index contributed by atoms with van der Waals surface area (Å²) >= 11 is 7.01. The van der Waals surface area contributed by atoms with Crippen LogP contribution in [-0.2, 0) is 6.42 Å². The third-order valence-corrected chi connectivity index (χ3v) is 3.24. The van der Waals surface area contributed by atoms with Crippen LogP contribution in [0.1, 0.15) is 5.56 Å². The van der Waals surface area contributed by atoms with E-state index in [0.29, 0.717) is 0 Å². The number of nitrogens with one attached hydrogen (secondary N) is 1. The maximum atomic E-state index is 3.75. The molecule has 1 N–H and O–H groups in total. The lowest BCUT2D eigenvalue weighted by atomic mass is 10.1. The van der Waals surface area contributed by atoms with E-state index in [1.807, 2.05) is 18.3 Å². The molecule has 0 amide bonds. The van der Waals surface area contributed by atoms with Crippen LogP contribution in [0.15, 0.2) is 39.9 Å². The summed E-state index contributed by atoms with van der Waals surface area (Å²) in [5, 5.41) is 1.24. The lowest BCUT2D eigenvalue weighted by Gasteiger charge is -1.98. The van der Waals surface area contributed by atoms with Gasteiger partial charge in [0.05, 0.1) is 5.52 Å². The van der Waals surface area contributed by atoms with Crippen molar-refractivity contribution in [3.05, 3.63) is 45.5 Å². The highest BCUT2D eigenvalue weighted by Gasteiger charge is 2.06. The van der Waals surface area contributed by atoms with Crippen molar-refractivity contribution < 1.29 is 0 Å². The lowest BCUT2D eigenvalue weighted by molar-refractivity contribution is 1.29. The molecule has 3 heteroatoms. The van der Waals surface area contributed by atoms with Crippen LogP contribution in [0.3, 0.4) is 0 Å². The molecule has 2 aromatic rings. The number of halogens is 2. The van der Waals surface area contributed by atoms with Gasteiger partial charge in [-0.1, -0.05) is 22.0 Å². The summed E-state index contributed by atoms with van der Waals surface area (Å²) in [6.45, 7) is 3.75. The summed E-state index contributed by atoms with van der Waals surface area (Å²) < 4.78 is 2.17. The van der Waals surface area contributed by atoms with Crippen LogP contribution in [0.25, 0.3) is 10.9 Å². The predicted octanol–water partition coefficient (Wildman–Crippen LogP) is 4.42. The molecule has 1 aromatic carbocycles. The second kappa shape index (κ2) is 3.91. The number of benzene rings is 1. The molecule has 0 saturated heterocycles. The molecule has 0 saturated carbocycles. The van der Waals surface area contributed by atoms with Gasteiger partial charge in [0, 0.05) is 20.5 Å². The number of hydrogen-bond acceptors (Lipinski definition) is 0. The molecule has 1 aromatic heterocycles. The van der Waals surface area contributed by atoms with Gasteiger partial charge >= 0.3 is 0 Å².